The number of carbonyl (C=O) groups excluding carboxylic acids is 4. The molecule has 0 bridgehead atoms. The molecule has 6 N–H and O–H groups in total. The lowest BCUT2D eigenvalue weighted by molar-refractivity contribution is -0.140. The molecular weight excluding hydrogens is 729 g/mol. The molecule has 2 aliphatic carbocycles. The first kappa shape index (κ1) is 39.9. The lowest BCUT2D eigenvalue weighted by atomic mass is 10.1. The molecule has 16 heteroatoms. The summed E-state index contributed by atoms with van der Waals surface area (Å²) in [6, 6.07) is 9.73. The van der Waals surface area contributed by atoms with Crippen molar-refractivity contribution in [3.05, 3.63) is 60.3 Å². The minimum absolute atomic E-state index is 0.00430. The van der Waals surface area contributed by atoms with Crippen molar-refractivity contribution in [3.63, 3.8) is 0 Å². The van der Waals surface area contributed by atoms with Crippen LogP contribution in [0.2, 0.25) is 0 Å². The fraction of sp³-hybridized carbons (Fsp3) is 0.538. The van der Waals surface area contributed by atoms with Crippen LogP contribution in [-0.4, -0.2) is 95.1 Å². The van der Waals surface area contributed by atoms with Crippen LogP contribution in [0.25, 0.3) is 11.3 Å². The molecule has 4 aliphatic rings. The topological polar surface area (TPSA) is 227 Å². The van der Waals surface area contributed by atoms with Gasteiger partial charge in [0.25, 0.3) is 11.8 Å². The summed E-state index contributed by atoms with van der Waals surface area (Å²) in [5.74, 6) is -2.98. The first-order chi connectivity index (χ1) is 26.4. The van der Waals surface area contributed by atoms with Crippen molar-refractivity contribution in [2.45, 2.75) is 112 Å². The zero-order chi connectivity index (χ0) is 39.2. The molecule has 15 nitrogen and oxygen atoms in total. The number of aromatic nitrogens is 1. The SMILES string of the molecule is N[C@H]1CCCCCC=C[C@@H]2C[C@@]2(C(=O)NS(=O)(=O)C2CC2)NC(=O)[C@@H]2C[C@@H](NC(=O)c3cccc(-c4cccc(OCCCCCC(=O)O)c4)n3)CN2C1=O. The smallest absolute Gasteiger partial charge is 0.303 e. The molecule has 296 valence electrons. The second-order valence-corrected chi connectivity index (χ2v) is 17.0. The summed E-state index contributed by atoms with van der Waals surface area (Å²) in [6.45, 7) is 0.433. The number of carboxylic acid groups (broad SMARTS) is 1. The summed E-state index contributed by atoms with van der Waals surface area (Å²) in [5.41, 5.74) is 6.24. The number of nitrogens with one attached hydrogen (secondary N) is 3. The third kappa shape index (κ3) is 10.1. The van der Waals surface area contributed by atoms with Gasteiger partial charge in [0.05, 0.1) is 23.6 Å². The van der Waals surface area contributed by atoms with E-state index in [0.717, 1.165) is 31.2 Å². The zero-order valence-corrected chi connectivity index (χ0v) is 31.6. The maximum atomic E-state index is 14.1. The number of sulfonamides is 1. The van der Waals surface area contributed by atoms with Crippen molar-refractivity contribution >= 4 is 39.6 Å². The number of unbranched alkanes of at least 4 members (excludes halogenated alkanes) is 2. The average Bonchev–Trinajstić information content (AvgIpc) is 4.09. The molecule has 0 spiro atoms. The van der Waals surface area contributed by atoms with E-state index in [9.17, 15) is 32.4 Å². The van der Waals surface area contributed by atoms with Gasteiger partial charge in [0.15, 0.2) is 0 Å². The van der Waals surface area contributed by atoms with Gasteiger partial charge in [-0.2, -0.15) is 0 Å². The number of benzene rings is 1. The van der Waals surface area contributed by atoms with Crippen LogP contribution in [-0.2, 0) is 29.2 Å². The fourth-order valence-electron chi connectivity index (χ4n) is 7.27. The molecular formula is C39H50N6O9S. The van der Waals surface area contributed by atoms with Gasteiger partial charge in [0.2, 0.25) is 21.8 Å². The molecule has 6 rings (SSSR count). The van der Waals surface area contributed by atoms with Gasteiger partial charge in [0.1, 0.15) is 23.0 Å². The van der Waals surface area contributed by atoms with Crippen molar-refractivity contribution < 1.29 is 42.2 Å². The first-order valence-electron chi connectivity index (χ1n) is 19.2. The van der Waals surface area contributed by atoms with E-state index in [0.29, 0.717) is 56.6 Å². The van der Waals surface area contributed by atoms with Crippen molar-refractivity contribution in [1.82, 2.24) is 25.2 Å². The minimum atomic E-state index is -3.88. The molecule has 0 unspecified atom stereocenters. The highest BCUT2D eigenvalue weighted by Crippen LogP contribution is 2.46. The second-order valence-electron chi connectivity index (χ2n) is 15.0. The normalized spacial score (nSPS) is 25.7. The fourth-order valence-corrected chi connectivity index (χ4v) is 8.64. The van der Waals surface area contributed by atoms with Crippen LogP contribution in [0.3, 0.4) is 0 Å². The van der Waals surface area contributed by atoms with Crippen LogP contribution in [0.1, 0.15) is 94.0 Å². The molecule has 0 radical (unpaired) electrons. The quantitative estimate of drug-likeness (QED) is 0.147. The van der Waals surface area contributed by atoms with E-state index in [1.807, 2.05) is 36.4 Å². The largest absolute Gasteiger partial charge is 0.494 e. The van der Waals surface area contributed by atoms with E-state index < -0.39 is 74.5 Å². The van der Waals surface area contributed by atoms with Crippen LogP contribution in [0.15, 0.2) is 54.6 Å². The van der Waals surface area contributed by atoms with E-state index in [1.54, 1.807) is 18.2 Å². The van der Waals surface area contributed by atoms with Crippen molar-refractivity contribution in [2.75, 3.05) is 13.2 Å². The Morgan fingerprint density at radius 1 is 1.04 bits per heavy atom. The Hall–Kier alpha value is -4.83. The van der Waals surface area contributed by atoms with Gasteiger partial charge < -0.3 is 31.1 Å². The highest BCUT2D eigenvalue weighted by atomic mass is 32.2. The molecule has 1 aromatic carbocycles. The molecule has 1 saturated heterocycles. The van der Waals surface area contributed by atoms with E-state index >= 15 is 0 Å². The van der Waals surface area contributed by atoms with Crippen LogP contribution in [0, 0.1) is 5.92 Å². The van der Waals surface area contributed by atoms with Gasteiger partial charge in [-0.25, -0.2) is 13.4 Å². The van der Waals surface area contributed by atoms with E-state index in [4.69, 9.17) is 15.6 Å². The molecule has 5 atom stereocenters. The maximum Gasteiger partial charge on any atom is 0.303 e. The van der Waals surface area contributed by atoms with Crippen LogP contribution >= 0.6 is 0 Å². The monoisotopic (exact) mass is 778 g/mol. The predicted molar refractivity (Wildman–Crippen MR) is 202 cm³/mol. The minimum Gasteiger partial charge on any atom is -0.494 e. The number of hydrogen-bond donors (Lipinski definition) is 5. The Morgan fingerprint density at radius 3 is 2.62 bits per heavy atom. The zero-order valence-electron chi connectivity index (χ0n) is 30.8. The summed E-state index contributed by atoms with van der Waals surface area (Å²) < 4.78 is 33.5. The number of allylic oxidation sites excluding steroid dienone is 1. The van der Waals surface area contributed by atoms with E-state index in [-0.39, 0.29) is 31.5 Å². The lowest BCUT2D eigenvalue weighted by Crippen LogP contribution is -2.57. The molecule has 1 aromatic heterocycles. The van der Waals surface area contributed by atoms with Gasteiger partial charge in [-0.3, -0.25) is 28.7 Å². The standard InChI is InChI=1S/C39H50N6O9S/c40-30-14-6-3-1-2-5-12-26-23-39(26,38(51)44-55(52,53)29-18-19-29)43-36(49)33-22-27(24-45(33)37(30)50)41-35(48)32-16-10-15-31(42-32)25-11-9-13-28(21-25)54-20-8-4-7-17-34(46)47/h5,9-13,15-16,21,26-27,29-30,33H,1-4,6-8,14,17-20,22-24,40H2,(H,41,48)(H,43,49)(H,44,51)(H,46,47)/t26-,27-,30+,33+,39-/m1/s1. The number of ether oxygens (including phenoxy) is 1. The molecule has 4 amide bonds. The Kier molecular flexibility index (Phi) is 12.5. The Morgan fingerprint density at radius 2 is 1.84 bits per heavy atom. The van der Waals surface area contributed by atoms with Gasteiger partial charge in [-0.05, 0) is 88.5 Å². The first-order valence-corrected chi connectivity index (χ1v) is 20.7. The number of hydrogen-bond acceptors (Lipinski definition) is 10. The molecule has 2 saturated carbocycles. The van der Waals surface area contributed by atoms with E-state index in [1.165, 1.54) is 4.90 Å². The number of fused-ring (bicyclic) bond motifs is 2. The van der Waals surface area contributed by atoms with Crippen molar-refractivity contribution in [2.24, 2.45) is 11.7 Å². The van der Waals surface area contributed by atoms with Gasteiger partial charge in [-0.1, -0.05) is 43.2 Å². The van der Waals surface area contributed by atoms with Crippen LogP contribution in [0.5, 0.6) is 5.75 Å². The molecule has 2 aliphatic heterocycles. The van der Waals surface area contributed by atoms with Crippen LogP contribution in [0.4, 0.5) is 0 Å². The summed E-state index contributed by atoms with van der Waals surface area (Å²) in [5, 5.41) is 13.9. The summed E-state index contributed by atoms with van der Waals surface area (Å²) in [4.78, 5) is 71.6. The number of amides is 4. The van der Waals surface area contributed by atoms with E-state index in [2.05, 4.69) is 20.3 Å². The van der Waals surface area contributed by atoms with Crippen LogP contribution < -0.4 is 25.8 Å². The highest BCUT2D eigenvalue weighted by molar-refractivity contribution is 7.91. The Labute approximate surface area is 320 Å². The van der Waals surface area contributed by atoms with Crippen molar-refractivity contribution in [3.8, 4) is 17.0 Å². The third-order valence-corrected chi connectivity index (χ3v) is 12.5. The molecule has 2 aromatic rings. The lowest BCUT2D eigenvalue weighted by Gasteiger charge is -2.28. The van der Waals surface area contributed by atoms with Gasteiger partial charge in [-0.15, -0.1) is 0 Å². The molecule has 55 heavy (non-hydrogen) atoms. The number of carboxylic acids is 1. The summed E-state index contributed by atoms with van der Waals surface area (Å²) in [6.07, 6.45) is 10.7. The number of aliphatic carboxylic acids is 1. The number of nitrogens with zero attached hydrogens (tertiary/aromatic N) is 2. The highest BCUT2D eigenvalue weighted by Gasteiger charge is 2.62. The number of rotatable bonds is 13. The second kappa shape index (κ2) is 17.3. The third-order valence-electron chi connectivity index (χ3n) is 10.7. The summed E-state index contributed by atoms with van der Waals surface area (Å²) >= 11 is 0. The van der Waals surface area contributed by atoms with Crippen molar-refractivity contribution in [1.29, 1.82) is 0 Å². The number of pyridine rings is 1. The van der Waals surface area contributed by atoms with Gasteiger partial charge >= 0.3 is 5.97 Å². The number of nitrogens with two attached hydrogens (primary N) is 1. The summed E-state index contributed by atoms with van der Waals surface area (Å²) in [7, 11) is -3.88. The Balaban J connectivity index is 1.14. The molecule has 3 heterocycles. The maximum absolute atomic E-state index is 14.1. The number of carbonyl (C=O) groups is 5. The molecule has 3 fully saturated rings. The average molecular weight is 779 g/mol. The predicted octanol–water partition coefficient (Wildman–Crippen LogP) is 2.80. The van der Waals surface area contributed by atoms with Gasteiger partial charge in [0, 0.05) is 30.5 Å². The Bertz CT molecular complexity index is 1920.